The van der Waals surface area contributed by atoms with E-state index in [0.29, 0.717) is 17.0 Å². The van der Waals surface area contributed by atoms with E-state index in [0.717, 1.165) is 37.6 Å². The van der Waals surface area contributed by atoms with Crippen molar-refractivity contribution in [1.29, 1.82) is 0 Å². The molecule has 0 N–H and O–H groups in total. The Labute approximate surface area is 309 Å². The van der Waals surface area contributed by atoms with Crippen LogP contribution in [0.25, 0.3) is 77.2 Å². The van der Waals surface area contributed by atoms with E-state index in [2.05, 4.69) is 34.9 Å². The van der Waals surface area contributed by atoms with Crippen molar-refractivity contribution in [3.63, 3.8) is 0 Å². The third-order valence-corrected chi connectivity index (χ3v) is 10.3. The predicted octanol–water partition coefficient (Wildman–Crippen LogP) is 13.3. The van der Waals surface area contributed by atoms with Crippen molar-refractivity contribution >= 4 is 43.6 Å². The molecule has 0 atom stereocenters. The van der Waals surface area contributed by atoms with Crippen LogP contribution < -0.4 is 0 Å². The first-order valence-electron chi connectivity index (χ1n) is 23.2. The molecule has 240 valence electrons. The molecule has 0 bridgehead atoms. The van der Waals surface area contributed by atoms with Crippen molar-refractivity contribution in [2.75, 3.05) is 0 Å². The van der Waals surface area contributed by atoms with E-state index >= 15 is 0 Å². The molecule has 10 rings (SSSR count). The minimum Gasteiger partial charge on any atom is -0.309 e. The molecule has 0 spiro atoms. The van der Waals surface area contributed by atoms with Gasteiger partial charge in [-0.3, -0.25) is 0 Å². The fourth-order valence-corrected chi connectivity index (χ4v) is 8.13. The third kappa shape index (κ3) is 4.55. The molecular formula is C48H38N2. The molecule has 1 fully saturated rings. The minimum atomic E-state index is -0.677. The Morgan fingerprint density at radius 3 is 2.00 bits per heavy atom. The largest absolute Gasteiger partial charge is 0.309 e. The van der Waals surface area contributed by atoms with Gasteiger partial charge in [-0.15, -0.1) is 0 Å². The van der Waals surface area contributed by atoms with Crippen molar-refractivity contribution in [3.05, 3.63) is 169 Å². The first-order chi connectivity index (χ1) is 29.8. The monoisotopic (exact) mass is 654 g/mol. The highest BCUT2D eigenvalue weighted by Gasteiger charge is 2.22. The number of rotatable bonds is 5. The zero-order chi connectivity index (χ0) is 43.5. The van der Waals surface area contributed by atoms with Crippen molar-refractivity contribution < 1.29 is 16.4 Å². The van der Waals surface area contributed by atoms with E-state index in [1.165, 1.54) is 37.7 Å². The van der Waals surface area contributed by atoms with Crippen molar-refractivity contribution in [2.45, 2.75) is 38.0 Å². The topological polar surface area (TPSA) is 9.86 Å². The highest BCUT2D eigenvalue weighted by Crippen LogP contribution is 2.44. The van der Waals surface area contributed by atoms with E-state index in [1.54, 1.807) is 12.1 Å². The van der Waals surface area contributed by atoms with Gasteiger partial charge in [0.2, 0.25) is 0 Å². The summed E-state index contributed by atoms with van der Waals surface area (Å²) in [4.78, 5) is 0. The van der Waals surface area contributed by atoms with Gasteiger partial charge in [-0.05, 0) is 89.4 Å². The second-order valence-electron chi connectivity index (χ2n) is 13.0. The number of hydrogen-bond donors (Lipinski definition) is 0. The number of fused-ring (bicyclic) bond motifs is 6. The first-order valence-corrected chi connectivity index (χ1v) is 17.2. The maximum absolute atomic E-state index is 9.55. The van der Waals surface area contributed by atoms with Gasteiger partial charge in [0.05, 0.1) is 44.2 Å². The van der Waals surface area contributed by atoms with Gasteiger partial charge in [-0.2, -0.15) is 0 Å². The van der Waals surface area contributed by atoms with Crippen molar-refractivity contribution in [3.8, 4) is 33.6 Å². The highest BCUT2D eigenvalue weighted by molar-refractivity contribution is 6.17. The quantitative estimate of drug-likeness (QED) is 0.175. The van der Waals surface area contributed by atoms with Crippen LogP contribution in [0.5, 0.6) is 0 Å². The van der Waals surface area contributed by atoms with E-state index in [-0.39, 0.29) is 33.4 Å². The maximum atomic E-state index is 9.55. The summed E-state index contributed by atoms with van der Waals surface area (Å²) in [5, 5.41) is 2.18. The van der Waals surface area contributed by atoms with Crippen LogP contribution in [-0.2, 0) is 0 Å². The summed E-state index contributed by atoms with van der Waals surface area (Å²) in [6, 6.07) is 23.3. The van der Waals surface area contributed by atoms with Crippen molar-refractivity contribution in [1.82, 2.24) is 9.13 Å². The molecule has 2 heteroatoms. The summed E-state index contributed by atoms with van der Waals surface area (Å²) in [5.41, 5.74) is 5.31. The van der Waals surface area contributed by atoms with Gasteiger partial charge >= 0.3 is 0 Å². The lowest BCUT2D eigenvalue weighted by Gasteiger charge is -2.22. The summed E-state index contributed by atoms with van der Waals surface area (Å²) < 4.78 is 110. The van der Waals surface area contributed by atoms with Crippen LogP contribution >= 0.6 is 0 Å². The van der Waals surface area contributed by atoms with Gasteiger partial charge in [0.1, 0.15) is 0 Å². The molecule has 0 unspecified atom stereocenters. The second kappa shape index (κ2) is 11.9. The summed E-state index contributed by atoms with van der Waals surface area (Å²) in [5.74, 6) is 0.517. The SMILES string of the molecule is [2H]c1c([2H])c([2H])c(-n2c3c([2H])c([2H])c([2H])c([2H])c3c3c(-c4ccccc4-c4ccccc4-n4c5ccccc5c5cc(C6CCCCC6)ccc54)c([2H])c([2H])c([2H])c32)c([2H])c1[2H]. The van der Waals surface area contributed by atoms with Crippen LogP contribution in [0.1, 0.15) is 60.0 Å². The normalized spacial score (nSPS) is 17.3. The van der Waals surface area contributed by atoms with Gasteiger partial charge in [-0.1, -0.05) is 134 Å². The Balaban J connectivity index is 1.31. The number of aromatic nitrogens is 2. The van der Waals surface area contributed by atoms with Gasteiger partial charge in [0.25, 0.3) is 0 Å². The number of benzene rings is 7. The Kier molecular flexibility index (Phi) is 4.62. The molecule has 2 aromatic heterocycles. The molecular weight excluding hydrogens is 605 g/mol. The summed E-state index contributed by atoms with van der Waals surface area (Å²) >= 11 is 0. The van der Waals surface area contributed by atoms with Crippen LogP contribution in [0.4, 0.5) is 0 Å². The van der Waals surface area contributed by atoms with Crippen LogP contribution in [-0.4, -0.2) is 9.13 Å². The van der Waals surface area contributed by atoms with Gasteiger partial charge in [0, 0.05) is 32.8 Å². The summed E-state index contributed by atoms with van der Waals surface area (Å²) in [6.45, 7) is 0. The lowest BCUT2D eigenvalue weighted by molar-refractivity contribution is 0.444. The fraction of sp³-hybridized carbons (Fsp3) is 0.125. The second-order valence-corrected chi connectivity index (χ2v) is 13.0. The van der Waals surface area contributed by atoms with Gasteiger partial charge in [0.15, 0.2) is 0 Å². The fourth-order valence-electron chi connectivity index (χ4n) is 8.13. The smallest absolute Gasteiger partial charge is 0.0645 e. The zero-order valence-corrected chi connectivity index (χ0v) is 27.2. The Hall–Kier alpha value is -5.86. The lowest BCUT2D eigenvalue weighted by atomic mass is 9.84. The van der Waals surface area contributed by atoms with Gasteiger partial charge < -0.3 is 9.13 Å². The molecule has 1 aliphatic rings. The molecule has 7 aromatic carbocycles. The average Bonchev–Trinajstić information content (AvgIpc) is 3.82. The Morgan fingerprint density at radius 2 is 1.14 bits per heavy atom. The summed E-state index contributed by atoms with van der Waals surface area (Å²) in [7, 11) is 0. The van der Waals surface area contributed by atoms with E-state index in [9.17, 15) is 5.48 Å². The molecule has 2 nitrogen and oxygen atoms in total. The van der Waals surface area contributed by atoms with E-state index in [4.69, 9.17) is 11.0 Å². The van der Waals surface area contributed by atoms with Crippen molar-refractivity contribution in [2.24, 2.45) is 0 Å². The summed E-state index contributed by atoms with van der Waals surface area (Å²) in [6.07, 6.45) is 6.08. The number of hydrogen-bond acceptors (Lipinski definition) is 0. The minimum absolute atomic E-state index is 0.0295. The third-order valence-electron chi connectivity index (χ3n) is 10.3. The molecule has 0 radical (unpaired) electrons. The molecule has 1 aliphatic carbocycles. The molecule has 1 saturated carbocycles. The van der Waals surface area contributed by atoms with Crippen LogP contribution in [0.15, 0.2) is 164 Å². The molecule has 2 heterocycles. The molecule has 0 amide bonds. The molecule has 0 saturated heterocycles. The molecule has 9 aromatic rings. The number of para-hydroxylation sites is 4. The number of nitrogens with zero attached hydrogens (tertiary/aromatic N) is 2. The zero-order valence-electron chi connectivity index (χ0n) is 39.2. The van der Waals surface area contributed by atoms with Crippen LogP contribution in [0, 0.1) is 0 Å². The lowest BCUT2D eigenvalue weighted by Crippen LogP contribution is -2.04. The Morgan fingerprint density at radius 1 is 0.460 bits per heavy atom. The first kappa shape index (κ1) is 19.4. The van der Waals surface area contributed by atoms with Gasteiger partial charge in [-0.25, -0.2) is 0 Å². The standard InChI is InChI=1S/C48H38N2/c1-3-16-33(17-4-1)34-30-31-46-42(32-34)39-23-10-13-27-44(39)50(46)43-26-12-9-22-38(43)36-20-7-8-21-37(36)40-25-15-29-47-48(40)41-24-11-14-28-45(41)49(47)35-18-5-2-6-19-35/h2,5-15,18-33H,1,3-4,16-17H2/i2D,5D,6D,11D,14D,15D,18D,19D,24D,25D,28D,29D. The van der Waals surface area contributed by atoms with E-state index in [1.807, 2.05) is 48.5 Å². The predicted molar refractivity (Wildman–Crippen MR) is 212 cm³/mol. The van der Waals surface area contributed by atoms with E-state index < -0.39 is 72.2 Å². The van der Waals surface area contributed by atoms with Crippen LogP contribution in [0.3, 0.4) is 0 Å². The maximum Gasteiger partial charge on any atom is 0.0645 e. The molecule has 0 aliphatic heterocycles. The van der Waals surface area contributed by atoms with Crippen LogP contribution in [0.2, 0.25) is 0 Å². The molecule has 50 heavy (non-hydrogen) atoms. The highest BCUT2D eigenvalue weighted by atomic mass is 15.0. The average molecular weight is 655 g/mol. The Bertz CT molecular complexity index is 3350.